The minimum absolute atomic E-state index is 0.330. The fraction of sp³-hybridized carbons (Fsp3) is 0.294. The molecule has 114 valence electrons. The summed E-state index contributed by atoms with van der Waals surface area (Å²) in [7, 11) is 0. The van der Waals surface area contributed by atoms with Crippen LogP contribution in [-0.4, -0.2) is 24.5 Å². The highest BCUT2D eigenvalue weighted by molar-refractivity contribution is 5.39. The molecule has 1 aliphatic heterocycles. The number of benzene rings is 1. The standard InChI is InChI=1S/C17H16N6/c1-12-20-17(14-7-9-22-16(10-14)6-8-19-22)23(21-12)15-4-2-13(11-18)3-5-15/h2-6,8,14H,7,9-10H2,1H3. The van der Waals surface area contributed by atoms with E-state index >= 15 is 0 Å². The minimum Gasteiger partial charge on any atom is -0.270 e. The van der Waals surface area contributed by atoms with Gasteiger partial charge in [-0.25, -0.2) is 9.67 Å². The Hall–Kier alpha value is -2.94. The highest BCUT2D eigenvalue weighted by Gasteiger charge is 2.25. The Morgan fingerprint density at radius 2 is 2.04 bits per heavy atom. The molecule has 1 atom stereocenters. The Kier molecular flexibility index (Phi) is 3.19. The van der Waals surface area contributed by atoms with Crippen LogP contribution in [0.4, 0.5) is 0 Å². The van der Waals surface area contributed by atoms with Crippen LogP contribution in [0.2, 0.25) is 0 Å². The minimum atomic E-state index is 0.330. The maximum Gasteiger partial charge on any atom is 0.148 e. The van der Waals surface area contributed by atoms with Gasteiger partial charge in [-0.2, -0.15) is 15.5 Å². The van der Waals surface area contributed by atoms with E-state index in [0.717, 1.165) is 36.7 Å². The van der Waals surface area contributed by atoms with Gasteiger partial charge in [0.2, 0.25) is 0 Å². The predicted octanol–water partition coefficient (Wildman–Crippen LogP) is 2.37. The third-order valence-electron chi connectivity index (χ3n) is 4.29. The summed E-state index contributed by atoms with van der Waals surface area (Å²) in [6, 6.07) is 11.7. The first-order chi connectivity index (χ1) is 11.2. The van der Waals surface area contributed by atoms with Crippen LogP contribution in [0.1, 0.15) is 35.2 Å². The highest BCUT2D eigenvalue weighted by atomic mass is 15.4. The molecule has 0 spiro atoms. The second-order valence-electron chi connectivity index (χ2n) is 5.82. The van der Waals surface area contributed by atoms with Crippen LogP contribution in [-0.2, 0) is 13.0 Å². The molecule has 1 aliphatic rings. The molecule has 0 aliphatic carbocycles. The SMILES string of the molecule is Cc1nc(C2CCn3nccc3C2)n(-c2ccc(C#N)cc2)n1. The van der Waals surface area contributed by atoms with Crippen LogP contribution < -0.4 is 0 Å². The zero-order chi connectivity index (χ0) is 15.8. The molecule has 0 bridgehead atoms. The van der Waals surface area contributed by atoms with Crippen molar-refractivity contribution in [3.8, 4) is 11.8 Å². The molecule has 0 radical (unpaired) electrons. The van der Waals surface area contributed by atoms with Gasteiger partial charge in [0, 0.05) is 24.4 Å². The molecular weight excluding hydrogens is 288 g/mol. The summed E-state index contributed by atoms with van der Waals surface area (Å²) in [6.45, 7) is 2.82. The van der Waals surface area contributed by atoms with E-state index in [1.165, 1.54) is 5.69 Å². The molecule has 6 nitrogen and oxygen atoms in total. The van der Waals surface area contributed by atoms with Crippen LogP contribution in [0.25, 0.3) is 5.69 Å². The molecule has 6 heteroatoms. The fourth-order valence-corrected chi connectivity index (χ4v) is 3.15. The van der Waals surface area contributed by atoms with E-state index in [2.05, 4.69) is 32.0 Å². The molecule has 0 N–H and O–H groups in total. The third kappa shape index (κ3) is 2.40. The number of rotatable bonds is 2. The van der Waals surface area contributed by atoms with Gasteiger partial charge >= 0.3 is 0 Å². The van der Waals surface area contributed by atoms with Crippen LogP contribution in [0.15, 0.2) is 36.5 Å². The van der Waals surface area contributed by atoms with Crippen molar-refractivity contribution in [2.75, 3.05) is 0 Å². The molecule has 1 aromatic carbocycles. The number of fused-ring (bicyclic) bond motifs is 1. The topological polar surface area (TPSA) is 72.3 Å². The van der Waals surface area contributed by atoms with Gasteiger partial charge in [0.25, 0.3) is 0 Å². The zero-order valence-electron chi connectivity index (χ0n) is 12.8. The lowest BCUT2D eigenvalue weighted by Gasteiger charge is -2.23. The second kappa shape index (κ2) is 5.36. The average molecular weight is 304 g/mol. The Balaban J connectivity index is 1.71. The van der Waals surface area contributed by atoms with Crippen LogP contribution >= 0.6 is 0 Å². The summed E-state index contributed by atoms with van der Waals surface area (Å²) < 4.78 is 3.97. The smallest absolute Gasteiger partial charge is 0.148 e. The van der Waals surface area contributed by atoms with E-state index < -0.39 is 0 Å². The lowest BCUT2D eigenvalue weighted by atomic mass is 9.95. The molecule has 1 unspecified atom stereocenters. The molecule has 3 aromatic rings. The number of nitriles is 1. The van der Waals surface area contributed by atoms with Crippen molar-refractivity contribution in [2.45, 2.75) is 32.2 Å². The fourth-order valence-electron chi connectivity index (χ4n) is 3.15. The molecular formula is C17H16N6. The molecule has 0 saturated carbocycles. The van der Waals surface area contributed by atoms with Crippen molar-refractivity contribution < 1.29 is 0 Å². The number of aryl methyl sites for hydroxylation is 2. The van der Waals surface area contributed by atoms with Crippen LogP contribution in [0.5, 0.6) is 0 Å². The van der Waals surface area contributed by atoms with Gasteiger partial charge in [-0.1, -0.05) is 0 Å². The van der Waals surface area contributed by atoms with Gasteiger partial charge in [0.05, 0.1) is 17.3 Å². The first kappa shape index (κ1) is 13.7. The molecule has 0 saturated heterocycles. The Labute approximate surface area is 134 Å². The maximum absolute atomic E-state index is 8.94. The lowest BCUT2D eigenvalue weighted by Crippen LogP contribution is -2.21. The van der Waals surface area contributed by atoms with Crippen molar-refractivity contribution in [1.82, 2.24) is 24.5 Å². The summed E-state index contributed by atoms with van der Waals surface area (Å²) in [6.07, 6.45) is 3.78. The van der Waals surface area contributed by atoms with E-state index in [-0.39, 0.29) is 0 Å². The summed E-state index contributed by atoms with van der Waals surface area (Å²) in [5.41, 5.74) is 2.83. The quantitative estimate of drug-likeness (QED) is 0.728. The Morgan fingerprint density at radius 1 is 1.22 bits per heavy atom. The van der Waals surface area contributed by atoms with Crippen molar-refractivity contribution >= 4 is 0 Å². The third-order valence-corrected chi connectivity index (χ3v) is 4.29. The zero-order valence-corrected chi connectivity index (χ0v) is 12.8. The average Bonchev–Trinajstić information content (AvgIpc) is 3.20. The highest BCUT2D eigenvalue weighted by Crippen LogP contribution is 2.29. The van der Waals surface area contributed by atoms with Gasteiger partial charge in [0.15, 0.2) is 0 Å². The molecule has 2 aromatic heterocycles. The van der Waals surface area contributed by atoms with Gasteiger partial charge in [-0.15, -0.1) is 0 Å². The molecule has 0 amide bonds. The van der Waals surface area contributed by atoms with E-state index in [1.807, 2.05) is 42.1 Å². The predicted molar refractivity (Wildman–Crippen MR) is 84.1 cm³/mol. The van der Waals surface area contributed by atoms with Crippen molar-refractivity contribution in [3.63, 3.8) is 0 Å². The summed E-state index contributed by atoms with van der Waals surface area (Å²) in [5, 5.41) is 17.8. The number of hydrogen-bond acceptors (Lipinski definition) is 4. The largest absolute Gasteiger partial charge is 0.270 e. The normalized spacial score (nSPS) is 16.8. The Bertz CT molecular complexity index is 881. The Morgan fingerprint density at radius 3 is 2.83 bits per heavy atom. The van der Waals surface area contributed by atoms with Crippen molar-refractivity contribution in [3.05, 3.63) is 59.4 Å². The summed E-state index contributed by atoms with van der Waals surface area (Å²) >= 11 is 0. The van der Waals surface area contributed by atoms with Crippen LogP contribution in [0, 0.1) is 18.3 Å². The summed E-state index contributed by atoms with van der Waals surface area (Å²) in [4.78, 5) is 4.67. The molecule has 23 heavy (non-hydrogen) atoms. The lowest BCUT2D eigenvalue weighted by molar-refractivity contribution is 0.423. The number of aromatic nitrogens is 5. The van der Waals surface area contributed by atoms with Gasteiger partial charge in [-0.05, 0) is 50.1 Å². The molecule has 0 fully saturated rings. The van der Waals surface area contributed by atoms with E-state index in [9.17, 15) is 0 Å². The first-order valence-corrected chi connectivity index (χ1v) is 7.69. The van der Waals surface area contributed by atoms with Crippen LogP contribution in [0.3, 0.4) is 0 Å². The second-order valence-corrected chi connectivity index (χ2v) is 5.82. The van der Waals surface area contributed by atoms with E-state index in [4.69, 9.17) is 5.26 Å². The molecule has 4 rings (SSSR count). The maximum atomic E-state index is 8.94. The van der Waals surface area contributed by atoms with Gasteiger partial charge < -0.3 is 0 Å². The monoisotopic (exact) mass is 304 g/mol. The number of nitrogens with zero attached hydrogens (tertiary/aromatic N) is 6. The first-order valence-electron chi connectivity index (χ1n) is 7.69. The van der Waals surface area contributed by atoms with Gasteiger partial charge in [-0.3, -0.25) is 4.68 Å². The van der Waals surface area contributed by atoms with Crippen molar-refractivity contribution in [2.24, 2.45) is 0 Å². The molecule has 3 heterocycles. The number of hydrogen-bond donors (Lipinski definition) is 0. The van der Waals surface area contributed by atoms with Crippen molar-refractivity contribution in [1.29, 1.82) is 5.26 Å². The van der Waals surface area contributed by atoms with E-state index in [1.54, 1.807) is 0 Å². The van der Waals surface area contributed by atoms with Gasteiger partial charge in [0.1, 0.15) is 11.6 Å². The summed E-state index contributed by atoms with van der Waals surface area (Å²) in [5.74, 6) is 2.08. The van der Waals surface area contributed by atoms with E-state index in [0.29, 0.717) is 11.5 Å².